The highest BCUT2D eigenvalue weighted by Crippen LogP contribution is 2.29. The lowest BCUT2D eigenvalue weighted by atomic mass is 9.93. The van der Waals surface area contributed by atoms with Crippen molar-refractivity contribution in [1.82, 2.24) is 15.1 Å². The molecule has 0 aliphatic heterocycles. The van der Waals surface area contributed by atoms with Crippen LogP contribution in [0.25, 0.3) is 0 Å². The fourth-order valence-corrected chi connectivity index (χ4v) is 3.10. The molecule has 1 aliphatic carbocycles. The summed E-state index contributed by atoms with van der Waals surface area (Å²) >= 11 is 0. The van der Waals surface area contributed by atoms with Crippen molar-refractivity contribution in [1.29, 1.82) is 0 Å². The fraction of sp³-hybridized carbons (Fsp3) is 0.444. The molecule has 0 fully saturated rings. The maximum atomic E-state index is 12.2. The summed E-state index contributed by atoms with van der Waals surface area (Å²) in [6.45, 7) is 2.14. The molecule has 1 atom stereocenters. The predicted octanol–water partition coefficient (Wildman–Crippen LogP) is 2.56. The molecule has 0 radical (unpaired) electrons. The van der Waals surface area contributed by atoms with Gasteiger partial charge in [0.2, 0.25) is 0 Å². The summed E-state index contributed by atoms with van der Waals surface area (Å²) in [5, 5.41) is 7.37. The van der Waals surface area contributed by atoms with E-state index in [4.69, 9.17) is 4.74 Å². The third-order valence-electron chi connectivity index (χ3n) is 4.39. The van der Waals surface area contributed by atoms with E-state index >= 15 is 0 Å². The summed E-state index contributed by atoms with van der Waals surface area (Å²) in [5.74, 6) is 0.652. The number of ether oxygens (including phenoxy) is 1. The van der Waals surface area contributed by atoms with Gasteiger partial charge in [-0.05, 0) is 43.4 Å². The fourth-order valence-electron chi connectivity index (χ4n) is 3.10. The van der Waals surface area contributed by atoms with Gasteiger partial charge in [0.25, 0.3) is 5.91 Å². The van der Waals surface area contributed by atoms with Crippen LogP contribution in [0.3, 0.4) is 0 Å². The Kier molecular flexibility index (Phi) is 4.65. The first-order valence-corrected chi connectivity index (χ1v) is 8.19. The minimum atomic E-state index is -0.0893. The Hall–Kier alpha value is -2.30. The molecular weight excluding hydrogens is 290 g/mol. The highest BCUT2D eigenvalue weighted by atomic mass is 16.5. The minimum absolute atomic E-state index is 0.0409. The molecule has 1 heterocycles. The van der Waals surface area contributed by atoms with Gasteiger partial charge < -0.3 is 10.1 Å². The minimum Gasteiger partial charge on any atom is -0.484 e. The number of nitrogens with zero attached hydrogens (tertiary/aromatic N) is 2. The summed E-state index contributed by atoms with van der Waals surface area (Å²) in [6.07, 6.45) is 5.87. The summed E-state index contributed by atoms with van der Waals surface area (Å²) in [7, 11) is 1.95. The summed E-state index contributed by atoms with van der Waals surface area (Å²) in [6, 6.07) is 7.92. The Labute approximate surface area is 136 Å². The smallest absolute Gasteiger partial charge is 0.258 e. The Morgan fingerprint density at radius 1 is 1.48 bits per heavy atom. The second kappa shape index (κ2) is 6.86. The predicted molar refractivity (Wildman–Crippen MR) is 88.3 cm³/mol. The molecule has 5 nitrogen and oxygen atoms in total. The first kappa shape index (κ1) is 15.6. The zero-order valence-electron chi connectivity index (χ0n) is 13.7. The topological polar surface area (TPSA) is 56.1 Å². The van der Waals surface area contributed by atoms with Gasteiger partial charge in [-0.1, -0.05) is 19.1 Å². The number of fused-ring (bicyclic) bond motifs is 1. The monoisotopic (exact) mass is 313 g/mol. The van der Waals surface area contributed by atoms with Crippen LogP contribution in [-0.4, -0.2) is 22.3 Å². The zero-order valence-corrected chi connectivity index (χ0v) is 13.7. The Morgan fingerprint density at radius 3 is 3.17 bits per heavy atom. The van der Waals surface area contributed by atoms with E-state index in [-0.39, 0.29) is 18.6 Å². The average Bonchev–Trinajstić information content (AvgIpc) is 2.96. The number of carbonyl (C=O) groups excluding carboxylic acids is 1. The maximum absolute atomic E-state index is 12.2. The van der Waals surface area contributed by atoms with Crippen LogP contribution in [0.2, 0.25) is 0 Å². The lowest BCUT2D eigenvalue weighted by Gasteiger charge is -2.23. The molecule has 0 spiro atoms. The molecule has 0 unspecified atom stereocenters. The van der Waals surface area contributed by atoms with Crippen LogP contribution in [0.5, 0.6) is 5.75 Å². The first-order valence-electron chi connectivity index (χ1n) is 8.19. The molecular formula is C18H23N3O2. The van der Waals surface area contributed by atoms with Crippen LogP contribution in [0, 0.1) is 0 Å². The quantitative estimate of drug-likeness (QED) is 0.923. The number of carbonyl (C=O) groups is 1. The van der Waals surface area contributed by atoms with E-state index in [0.29, 0.717) is 0 Å². The molecule has 0 saturated carbocycles. The van der Waals surface area contributed by atoms with E-state index in [1.165, 1.54) is 11.3 Å². The van der Waals surface area contributed by atoms with Crippen LogP contribution in [0.15, 0.2) is 30.5 Å². The van der Waals surface area contributed by atoms with Crippen molar-refractivity contribution in [2.24, 2.45) is 7.05 Å². The number of hydrogen-bond acceptors (Lipinski definition) is 3. The number of amides is 1. The van der Waals surface area contributed by atoms with Gasteiger partial charge in [-0.25, -0.2) is 0 Å². The van der Waals surface area contributed by atoms with E-state index < -0.39 is 0 Å². The SMILES string of the molecule is CCc1cccc(OCC(=O)N[C@H]2CCCc3c2cnn3C)c1. The number of hydrogen-bond donors (Lipinski definition) is 1. The van der Waals surface area contributed by atoms with Gasteiger partial charge in [0, 0.05) is 18.3 Å². The molecule has 23 heavy (non-hydrogen) atoms. The van der Waals surface area contributed by atoms with Crippen LogP contribution >= 0.6 is 0 Å². The number of benzene rings is 1. The van der Waals surface area contributed by atoms with Crippen molar-refractivity contribution in [2.45, 2.75) is 38.6 Å². The molecule has 0 saturated heterocycles. The summed E-state index contributed by atoms with van der Waals surface area (Å²) < 4.78 is 7.52. The zero-order chi connectivity index (χ0) is 16.2. The molecule has 1 aromatic carbocycles. The van der Waals surface area contributed by atoms with Gasteiger partial charge in [-0.3, -0.25) is 9.48 Å². The largest absolute Gasteiger partial charge is 0.484 e. The average molecular weight is 313 g/mol. The summed E-state index contributed by atoms with van der Waals surface area (Å²) in [4.78, 5) is 12.2. The molecule has 5 heteroatoms. The van der Waals surface area contributed by atoms with Gasteiger partial charge >= 0.3 is 0 Å². The molecule has 1 aliphatic rings. The van der Waals surface area contributed by atoms with E-state index in [0.717, 1.165) is 37.0 Å². The van der Waals surface area contributed by atoms with Gasteiger partial charge in [0.15, 0.2) is 6.61 Å². The van der Waals surface area contributed by atoms with Crippen LogP contribution in [-0.2, 0) is 24.7 Å². The van der Waals surface area contributed by atoms with E-state index in [2.05, 4.69) is 23.4 Å². The van der Waals surface area contributed by atoms with E-state index in [1.807, 2.05) is 36.1 Å². The van der Waals surface area contributed by atoms with Crippen molar-refractivity contribution < 1.29 is 9.53 Å². The van der Waals surface area contributed by atoms with E-state index in [1.54, 1.807) is 0 Å². The molecule has 1 amide bonds. The van der Waals surface area contributed by atoms with Crippen molar-refractivity contribution in [3.8, 4) is 5.75 Å². The van der Waals surface area contributed by atoms with Gasteiger partial charge in [0.1, 0.15) is 5.75 Å². The highest BCUT2D eigenvalue weighted by molar-refractivity contribution is 5.78. The summed E-state index contributed by atoms with van der Waals surface area (Å²) in [5.41, 5.74) is 3.56. The number of rotatable bonds is 5. The second-order valence-corrected chi connectivity index (χ2v) is 5.97. The van der Waals surface area contributed by atoms with Crippen molar-refractivity contribution >= 4 is 5.91 Å². The third kappa shape index (κ3) is 3.55. The van der Waals surface area contributed by atoms with Crippen LogP contribution in [0.1, 0.15) is 42.6 Å². The van der Waals surface area contributed by atoms with Gasteiger partial charge in [-0.15, -0.1) is 0 Å². The lowest BCUT2D eigenvalue weighted by molar-refractivity contribution is -0.123. The van der Waals surface area contributed by atoms with Crippen molar-refractivity contribution in [2.75, 3.05) is 6.61 Å². The number of aromatic nitrogens is 2. The molecule has 3 rings (SSSR count). The highest BCUT2D eigenvalue weighted by Gasteiger charge is 2.24. The van der Waals surface area contributed by atoms with Crippen molar-refractivity contribution in [3.63, 3.8) is 0 Å². The number of nitrogens with one attached hydrogen (secondary N) is 1. The standard InChI is InChI=1S/C18H23N3O2/c1-3-13-6-4-7-14(10-13)23-12-18(22)20-16-8-5-9-17-15(16)11-19-21(17)2/h4,6-7,10-11,16H,3,5,8-9,12H2,1-2H3,(H,20,22)/t16-/m0/s1. The number of aryl methyl sites for hydroxylation is 2. The Bertz CT molecular complexity index is 693. The molecule has 122 valence electrons. The Balaban J connectivity index is 1.58. The maximum Gasteiger partial charge on any atom is 0.258 e. The van der Waals surface area contributed by atoms with Gasteiger partial charge in [0.05, 0.1) is 12.2 Å². The first-order chi connectivity index (χ1) is 11.2. The lowest BCUT2D eigenvalue weighted by Crippen LogP contribution is -2.34. The van der Waals surface area contributed by atoms with E-state index in [9.17, 15) is 4.79 Å². The van der Waals surface area contributed by atoms with Gasteiger partial charge in [-0.2, -0.15) is 5.10 Å². The molecule has 1 N–H and O–H groups in total. The van der Waals surface area contributed by atoms with Crippen LogP contribution < -0.4 is 10.1 Å². The normalized spacial score (nSPS) is 16.7. The second-order valence-electron chi connectivity index (χ2n) is 5.97. The Morgan fingerprint density at radius 2 is 2.35 bits per heavy atom. The molecule has 2 aromatic rings. The van der Waals surface area contributed by atoms with Crippen molar-refractivity contribution in [3.05, 3.63) is 47.3 Å². The molecule has 0 bridgehead atoms. The third-order valence-corrected chi connectivity index (χ3v) is 4.39. The van der Waals surface area contributed by atoms with Crippen LogP contribution in [0.4, 0.5) is 0 Å². The molecule has 1 aromatic heterocycles.